The number of nitrogens with one attached hydrogen (secondary N) is 1. The van der Waals surface area contributed by atoms with E-state index in [1.807, 2.05) is 36.6 Å². The maximum Gasteiger partial charge on any atom is 0.416 e. The summed E-state index contributed by atoms with van der Waals surface area (Å²) in [6.45, 7) is 4.98. The van der Waals surface area contributed by atoms with Crippen LogP contribution in [0.2, 0.25) is 0 Å². The van der Waals surface area contributed by atoms with Crippen LogP contribution in [-0.4, -0.2) is 21.1 Å². The lowest BCUT2D eigenvalue weighted by Gasteiger charge is -2.13. The Morgan fingerprint density at radius 1 is 1.31 bits per heavy atom. The highest BCUT2D eigenvalue weighted by Crippen LogP contribution is 2.32. The third-order valence-electron chi connectivity index (χ3n) is 4.04. The Labute approximate surface area is 150 Å². The Hall–Kier alpha value is -2.83. The Morgan fingerprint density at radius 2 is 2.12 bits per heavy atom. The van der Waals surface area contributed by atoms with E-state index in [-0.39, 0.29) is 1.43 Å². The normalized spacial score (nSPS) is 12.6. The van der Waals surface area contributed by atoms with Gasteiger partial charge in [-0.05, 0) is 43.7 Å². The van der Waals surface area contributed by atoms with E-state index in [0.717, 1.165) is 23.4 Å². The highest BCUT2D eigenvalue weighted by molar-refractivity contribution is 5.80. The summed E-state index contributed by atoms with van der Waals surface area (Å²) in [7, 11) is 0. The lowest BCUT2D eigenvalue weighted by atomic mass is 10.2. The van der Waals surface area contributed by atoms with Gasteiger partial charge in [0.25, 0.3) is 0 Å². The Morgan fingerprint density at radius 3 is 2.73 bits per heavy atom. The van der Waals surface area contributed by atoms with Crippen LogP contribution in [0.25, 0.3) is 16.7 Å². The molecule has 0 atom stereocenters. The summed E-state index contributed by atoms with van der Waals surface area (Å²) in [5.74, 6) is 0.604. The minimum absolute atomic E-state index is 0. The van der Waals surface area contributed by atoms with Gasteiger partial charge in [0, 0.05) is 20.4 Å². The summed E-state index contributed by atoms with van der Waals surface area (Å²) in [4.78, 5) is 8.59. The molecule has 3 rings (SSSR count). The summed E-state index contributed by atoms with van der Waals surface area (Å²) in [6.07, 6.45) is 0.895. The molecule has 0 amide bonds. The van der Waals surface area contributed by atoms with Gasteiger partial charge in [-0.2, -0.15) is 13.2 Å². The van der Waals surface area contributed by atoms with Gasteiger partial charge in [-0.25, -0.2) is 4.98 Å². The second-order valence-corrected chi connectivity index (χ2v) is 5.82. The van der Waals surface area contributed by atoms with Crippen molar-refractivity contribution in [1.29, 1.82) is 0 Å². The molecule has 0 saturated heterocycles. The molecule has 0 unspecified atom stereocenters. The van der Waals surface area contributed by atoms with Crippen LogP contribution >= 0.6 is 0 Å². The molecule has 0 saturated carbocycles. The first kappa shape index (κ1) is 18.0. The first-order valence-electron chi connectivity index (χ1n) is 8.31. The van der Waals surface area contributed by atoms with Gasteiger partial charge >= 0.3 is 6.18 Å². The molecular formula is C19H21F3N4. The monoisotopic (exact) mass is 362 g/mol. The number of fused-ring (bicyclic) bond motifs is 1. The standard InChI is InChI=1S/C19H19F3N4.H2/c1-3-15(24-4-2)18-25-16-10-14(19(20,21)22)7-8-17(16)26(18)12-13-6-5-9-23-11-13;/h3,5-11,24H,4,12H2,1-2H3;1H/b15-3-;. The Kier molecular flexibility index (Phi) is 4.97. The maximum atomic E-state index is 13.0. The fourth-order valence-corrected chi connectivity index (χ4v) is 2.85. The van der Waals surface area contributed by atoms with Gasteiger partial charge in [-0.1, -0.05) is 12.1 Å². The highest BCUT2D eigenvalue weighted by Gasteiger charge is 2.31. The maximum absolute atomic E-state index is 13.0. The molecule has 0 radical (unpaired) electrons. The van der Waals surface area contributed by atoms with E-state index < -0.39 is 11.7 Å². The van der Waals surface area contributed by atoms with E-state index in [9.17, 15) is 13.2 Å². The summed E-state index contributed by atoms with van der Waals surface area (Å²) in [5.41, 5.74) is 1.99. The van der Waals surface area contributed by atoms with Crippen molar-refractivity contribution in [2.24, 2.45) is 0 Å². The summed E-state index contributed by atoms with van der Waals surface area (Å²) in [5, 5.41) is 3.22. The fourth-order valence-electron chi connectivity index (χ4n) is 2.85. The van der Waals surface area contributed by atoms with Gasteiger partial charge in [-0.3, -0.25) is 4.98 Å². The zero-order chi connectivity index (χ0) is 18.7. The van der Waals surface area contributed by atoms with Crippen molar-refractivity contribution < 1.29 is 14.6 Å². The predicted molar refractivity (Wildman–Crippen MR) is 97.5 cm³/mol. The van der Waals surface area contributed by atoms with Crippen molar-refractivity contribution >= 4 is 16.7 Å². The SMILES string of the molecule is C/C=C(\NCC)c1nc2cc(C(F)(F)F)ccc2n1Cc1cccnc1.[HH]. The van der Waals surface area contributed by atoms with Gasteiger partial charge in [0.05, 0.1) is 28.8 Å². The quantitative estimate of drug-likeness (QED) is 0.714. The average Bonchev–Trinajstić information content (AvgIpc) is 2.97. The molecule has 1 aromatic carbocycles. The first-order chi connectivity index (χ1) is 12.4. The minimum atomic E-state index is -4.40. The molecule has 2 aromatic heterocycles. The molecule has 138 valence electrons. The van der Waals surface area contributed by atoms with Crippen molar-refractivity contribution in [1.82, 2.24) is 19.9 Å². The number of imidazole rings is 1. The topological polar surface area (TPSA) is 42.7 Å². The first-order valence-corrected chi connectivity index (χ1v) is 8.31. The van der Waals surface area contributed by atoms with Crippen LogP contribution in [0.1, 0.15) is 32.2 Å². The van der Waals surface area contributed by atoms with Crippen molar-refractivity contribution in [2.75, 3.05) is 6.54 Å². The summed E-state index contributed by atoms with van der Waals surface area (Å²) >= 11 is 0. The van der Waals surface area contributed by atoms with Gasteiger partial charge in [0.1, 0.15) is 0 Å². The minimum Gasteiger partial charge on any atom is -0.383 e. The number of halogens is 3. The number of nitrogens with zero attached hydrogens (tertiary/aromatic N) is 3. The Bertz CT molecular complexity index is 933. The van der Waals surface area contributed by atoms with Gasteiger partial charge in [0.2, 0.25) is 0 Å². The molecule has 2 heterocycles. The Balaban J connectivity index is 0.00000261. The number of benzene rings is 1. The number of aromatic nitrogens is 3. The van der Waals surface area contributed by atoms with Crippen LogP contribution in [0.5, 0.6) is 0 Å². The van der Waals surface area contributed by atoms with Crippen molar-refractivity contribution in [2.45, 2.75) is 26.6 Å². The van der Waals surface area contributed by atoms with Gasteiger partial charge in [0.15, 0.2) is 5.82 Å². The van der Waals surface area contributed by atoms with Crippen LogP contribution in [-0.2, 0) is 12.7 Å². The molecule has 0 aliphatic carbocycles. The average molecular weight is 362 g/mol. The van der Waals surface area contributed by atoms with Crippen molar-refractivity contribution in [3.8, 4) is 0 Å². The van der Waals surface area contributed by atoms with E-state index in [1.54, 1.807) is 12.4 Å². The van der Waals surface area contributed by atoms with E-state index in [1.165, 1.54) is 6.07 Å². The third-order valence-corrected chi connectivity index (χ3v) is 4.04. The molecule has 3 aromatic rings. The van der Waals surface area contributed by atoms with Gasteiger partial charge in [-0.15, -0.1) is 0 Å². The molecule has 1 N–H and O–H groups in total. The molecule has 0 spiro atoms. The smallest absolute Gasteiger partial charge is 0.383 e. The lowest BCUT2D eigenvalue weighted by Crippen LogP contribution is -2.16. The molecule has 4 nitrogen and oxygen atoms in total. The number of allylic oxidation sites excluding steroid dienone is 1. The number of rotatable bonds is 5. The second kappa shape index (κ2) is 7.19. The van der Waals surface area contributed by atoms with Crippen LogP contribution in [0.3, 0.4) is 0 Å². The largest absolute Gasteiger partial charge is 0.416 e. The summed E-state index contributed by atoms with van der Waals surface area (Å²) < 4.78 is 41.1. The molecule has 26 heavy (non-hydrogen) atoms. The molecule has 7 heteroatoms. The molecule has 0 aliphatic heterocycles. The zero-order valence-electron chi connectivity index (χ0n) is 14.5. The number of hydrogen-bond acceptors (Lipinski definition) is 3. The van der Waals surface area contributed by atoms with Crippen LogP contribution in [0, 0.1) is 0 Å². The van der Waals surface area contributed by atoms with E-state index >= 15 is 0 Å². The third kappa shape index (κ3) is 3.56. The number of pyridine rings is 1. The molecule has 0 fully saturated rings. The predicted octanol–water partition coefficient (Wildman–Crippen LogP) is 4.71. The van der Waals surface area contributed by atoms with Crippen molar-refractivity contribution in [3.05, 3.63) is 65.8 Å². The molecule has 0 aliphatic rings. The zero-order valence-corrected chi connectivity index (χ0v) is 14.5. The van der Waals surface area contributed by atoms with E-state index in [2.05, 4.69) is 15.3 Å². The molecular weight excluding hydrogens is 341 g/mol. The van der Waals surface area contributed by atoms with E-state index in [4.69, 9.17) is 0 Å². The number of hydrogen-bond donors (Lipinski definition) is 1. The van der Waals surface area contributed by atoms with Crippen LogP contribution < -0.4 is 5.32 Å². The van der Waals surface area contributed by atoms with Crippen LogP contribution in [0.15, 0.2) is 48.8 Å². The van der Waals surface area contributed by atoms with Crippen LogP contribution in [0.4, 0.5) is 13.2 Å². The van der Waals surface area contributed by atoms with E-state index in [0.29, 0.717) is 29.9 Å². The summed E-state index contributed by atoms with van der Waals surface area (Å²) in [6, 6.07) is 7.42. The fraction of sp³-hybridized carbons (Fsp3) is 0.263. The van der Waals surface area contributed by atoms with Crippen molar-refractivity contribution in [3.63, 3.8) is 0 Å². The van der Waals surface area contributed by atoms with Gasteiger partial charge < -0.3 is 9.88 Å². The number of alkyl halides is 3. The lowest BCUT2D eigenvalue weighted by molar-refractivity contribution is -0.137. The highest BCUT2D eigenvalue weighted by atomic mass is 19.4. The molecule has 0 bridgehead atoms. The second-order valence-electron chi connectivity index (χ2n) is 5.82.